The highest BCUT2D eigenvalue weighted by Crippen LogP contribution is 2.50. The van der Waals surface area contributed by atoms with Gasteiger partial charge in [0.2, 0.25) is 10.0 Å². The molecular weight excluding hydrogens is 407 g/mol. The highest BCUT2D eigenvalue weighted by atomic mass is 32.2. The predicted molar refractivity (Wildman–Crippen MR) is 102 cm³/mol. The van der Waals surface area contributed by atoms with Crippen LogP contribution in [0.2, 0.25) is 0 Å². The Kier molecular flexibility index (Phi) is 5.61. The van der Waals surface area contributed by atoms with Gasteiger partial charge >= 0.3 is 6.18 Å². The van der Waals surface area contributed by atoms with Crippen LogP contribution in [0.25, 0.3) is 11.1 Å². The largest absolute Gasteiger partial charge is 0.416 e. The van der Waals surface area contributed by atoms with Crippen molar-refractivity contribution < 1.29 is 31.8 Å². The van der Waals surface area contributed by atoms with Gasteiger partial charge in [-0.05, 0) is 59.4 Å². The maximum absolute atomic E-state index is 12.9. The van der Waals surface area contributed by atoms with Crippen LogP contribution in [0.3, 0.4) is 0 Å². The number of sulfonamides is 1. The van der Waals surface area contributed by atoms with Crippen molar-refractivity contribution in [2.24, 2.45) is 10.6 Å². The average molecular weight is 427 g/mol. The molecule has 29 heavy (non-hydrogen) atoms. The van der Waals surface area contributed by atoms with Crippen molar-refractivity contribution in [3.63, 3.8) is 0 Å². The average Bonchev–Trinajstić information content (AvgIpc) is 3.07. The van der Waals surface area contributed by atoms with E-state index in [4.69, 9.17) is 5.14 Å². The van der Waals surface area contributed by atoms with Crippen molar-refractivity contribution in [2.45, 2.75) is 23.9 Å². The molecule has 1 aliphatic carbocycles. The minimum atomic E-state index is -4.45. The Labute approximate surface area is 166 Å². The second kappa shape index (κ2) is 7.56. The summed E-state index contributed by atoms with van der Waals surface area (Å²) < 4.78 is 61.5. The van der Waals surface area contributed by atoms with Crippen molar-refractivity contribution in [3.05, 3.63) is 65.2 Å². The first-order valence-corrected chi connectivity index (χ1v) is 10.3. The molecule has 1 aliphatic rings. The summed E-state index contributed by atoms with van der Waals surface area (Å²) >= 11 is 0. The zero-order valence-electron chi connectivity index (χ0n) is 15.3. The second-order valence-electron chi connectivity index (χ2n) is 7.27. The van der Waals surface area contributed by atoms with Crippen LogP contribution >= 0.6 is 0 Å². The van der Waals surface area contributed by atoms with Crippen molar-refractivity contribution in [1.29, 1.82) is 0 Å². The lowest BCUT2D eigenvalue weighted by atomic mass is 9.84. The predicted octanol–water partition coefficient (Wildman–Crippen LogP) is 3.03. The van der Waals surface area contributed by atoms with Gasteiger partial charge in [0, 0.05) is 5.41 Å². The van der Waals surface area contributed by atoms with Gasteiger partial charge in [0.1, 0.15) is 0 Å². The van der Waals surface area contributed by atoms with Gasteiger partial charge in [-0.2, -0.15) is 13.2 Å². The molecule has 0 bridgehead atoms. The number of alkyl halides is 3. The second-order valence-corrected chi connectivity index (χ2v) is 8.83. The molecule has 5 nitrogen and oxygen atoms in total. The Morgan fingerprint density at radius 1 is 0.862 bits per heavy atom. The van der Waals surface area contributed by atoms with Crippen LogP contribution in [0.1, 0.15) is 29.5 Å². The van der Waals surface area contributed by atoms with E-state index in [-0.39, 0.29) is 24.5 Å². The van der Waals surface area contributed by atoms with Crippen LogP contribution < -0.4 is 5.14 Å². The quantitative estimate of drug-likeness (QED) is 0.683. The van der Waals surface area contributed by atoms with Gasteiger partial charge in [-0.3, -0.25) is 0 Å². The molecule has 0 atom stereocenters. The molecule has 0 aromatic heterocycles. The van der Waals surface area contributed by atoms with Crippen LogP contribution in [-0.2, 0) is 16.2 Å². The van der Waals surface area contributed by atoms with E-state index in [1.54, 1.807) is 12.1 Å². The summed E-state index contributed by atoms with van der Waals surface area (Å²) in [4.78, 5) is -0.0634. The van der Waals surface area contributed by atoms with Gasteiger partial charge in [0.15, 0.2) is 0 Å². The molecule has 3 rings (SSSR count). The smallest absolute Gasteiger partial charge is 0.396 e. The fourth-order valence-corrected chi connectivity index (χ4v) is 4.07. The van der Waals surface area contributed by atoms with Crippen molar-refractivity contribution in [3.8, 4) is 0 Å². The van der Waals surface area contributed by atoms with Crippen molar-refractivity contribution in [1.82, 2.24) is 0 Å². The molecule has 156 valence electrons. The van der Waals surface area contributed by atoms with Gasteiger partial charge in [-0.25, -0.2) is 13.6 Å². The Balaban J connectivity index is 2.08. The monoisotopic (exact) mass is 427 g/mol. The van der Waals surface area contributed by atoms with Gasteiger partial charge in [0.05, 0.1) is 23.7 Å². The molecule has 0 unspecified atom stereocenters. The van der Waals surface area contributed by atoms with Crippen LogP contribution in [-0.4, -0.2) is 31.8 Å². The molecule has 0 amide bonds. The summed E-state index contributed by atoms with van der Waals surface area (Å²) in [6, 6.07) is 10.5. The van der Waals surface area contributed by atoms with E-state index < -0.39 is 27.2 Å². The number of benzene rings is 2. The highest BCUT2D eigenvalue weighted by molar-refractivity contribution is 7.89. The Morgan fingerprint density at radius 3 is 1.62 bits per heavy atom. The third-order valence-electron chi connectivity index (χ3n) is 5.23. The Bertz CT molecular complexity index is 1020. The van der Waals surface area contributed by atoms with E-state index in [0.29, 0.717) is 23.1 Å². The minimum absolute atomic E-state index is 0.0634. The van der Waals surface area contributed by atoms with Crippen LogP contribution in [0.4, 0.5) is 13.2 Å². The molecule has 0 aliphatic heterocycles. The fourth-order valence-electron chi connectivity index (χ4n) is 3.56. The number of allylic oxidation sites excluding steroid dienone is 2. The number of halogens is 3. The number of primary sulfonamides is 1. The number of hydrogen-bond acceptors (Lipinski definition) is 4. The maximum Gasteiger partial charge on any atom is 0.416 e. The van der Waals surface area contributed by atoms with Crippen molar-refractivity contribution in [2.75, 3.05) is 13.2 Å². The molecule has 4 N–H and O–H groups in total. The summed E-state index contributed by atoms with van der Waals surface area (Å²) in [6.07, 6.45) is -3.88. The first kappa shape index (κ1) is 21.5. The normalized spacial score (nSPS) is 17.0. The van der Waals surface area contributed by atoms with E-state index in [1.165, 1.54) is 24.3 Å². The summed E-state index contributed by atoms with van der Waals surface area (Å²) in [6.45, 7) is -0.598. The molecule has 0 fully saturated rings. The van der Waals surface area contributed by atoms with Gasteiger partial charge in [-0.1, -0.05) is 24.3 Å². The molecule has 0 radical (unpaired) electrons. The van der Waals surface area contributed by atoms with Gasteiger partial charge in [-0.15, -0.1) is 0 Å². The zero-order valence-corrected chi connectivity index (χ0v) is 16.1. The fraction of sp³-hybridized carbons (Fsp3) is 0.300. The SMILES string of the molecule is NS(=O)(=O)c1ccc(C2=C(c3ccc(C(F)(F)F)cc3)CC(CO)(CO)C2)cc1. The van der Waals surface area contributed by atoms with Crippen molar-refractivity contribution >= 4 is 21.2 Å². The standard InChI is InChI=1S/C20H20F3NO4S/c21-20(22,23)15-5-1-13(2-6-15)17-9-19(11-25,12-26)10-18(17)14-3-7-16(8-4-14)29(24,27)28/h1-8,25-26H,9-12H2,(H2,24,27,28). The van der Waals surface area contributed by atoms with E-state index in [2.05, 4.69) is 0 Å². The first-order chi connectivity index (χ1) is 13.5. The van der Waals surface area contributed by atoms with Crippen LogP contribution in [0.5, 0.6) is 0 Å². The maximum atomic E-state index is 12.9. The van der Waals surface area contributed by atoms with E-state index >= 15 is 0 Å². The Hall–Kier alpha value is -2.20. The molecule has 2 aromatic rings. The molecule has 0 saturated carbocycles. The lowest BCUT2D eigenvalue weighted by molar-refractivity contribution is -0.137. The molecule has 2 aromatic carbocycles. The molecule has 0 heterocycles. The zero-order chi connectivity index (χ0) is 21.4. The molecule has 0 saturated heterocycles. The third-order valence-corrected chi connectivity index (χ3v) is 6.16. The summed E-state index contributed by atoms with van der Waals surface area (Å²) in [7, 11) is -3.86. The van der Waals surface area contributed by atoms with E-state index in [1.807, 2.05) is 0 Å². The van der Waals surface area contributed by atoms with Gasteiger partial charge in [0.25, 0.3) is 0 Å². The third kappa shape index (κ3) is 4.37. The van der Waals surface area contributed by atoms with Crippen LogP contribution in [0.15, 0.2) is 53.4 Å². The highest BCUT2D eigenvalue weighted by Gasteiger charge is 2.39. The number of nitrogens with two attached hydrogens (primary N) is 1. The lowest BCUT2D eigenvalue weighted by Crippen LogP contribution is -2.27. The first-order valence-electron chi connectivity index (χ1n) is 8.74. The Morgan fingerprint density at radius 2 is 1.28 bits per heavy atom. The van der Waals surface area contributed by atoms with E-state index in [9.17, 15) is 31.8 Å². The summed E-state index contributed by atoms with van der Waals surface area (Å²) in [5, 5.41) is 24.7. The number of rotatable bonds is 5. The lowest BCUT2D eigenvalue weighted by Gasteiger charge is -2.24. The molecular formula is C20H20F3NO4S. The summed E-state index contributed by atoms with van der Waals surface area (Å²) in [5.41, 5.74) is 1.02. The summed E-state index contributed by atoms with van der Waals surface area (Å²) in [5.74, 6) is 0. The number of aliphatic hydroxyl groups excluding tert-OH is 2. The van der Waals surface area contributed by atoms with E-state index in [0.717, 1.165) is 17.7 Å². The molecule has 0 spiro atoms. The number of hydrogen-bond donors (Lipinski definition) is 3. The minimum Gasteiger partial charge on any atom is -0.396 e. The van der Waals surface area contributed by atoms with Crippen LogP contribution in [0, 0.1) is 5.41 Å². The topological polar surface area (TPSA) is 101 Å². The van der Waals surface area contributed by atoms with Gasteiger partial charge < -0.3 is 10.2 Å². The molecule has 9 heteroatoms. The number of aliphatic hydroxyl groups is 2.